The van der Waals surface area contributed by atoms with Crippen LogP contribution < -0.4 is 21.3 Å². The molecular formula is C27H33N3O3. The zero-order valence-electron chi connectivity index (χ0n) is 20.1. The minimum Gasteiger partial charge on any atom is -0.496 e. The van der Waals surface area contributed by atoms with Crippen molar-refractivity contribution in [2.75, 3.05) is 20.7 Å². The van der Waals surface area contributed by atoms with Crippen LogP contribution >= 0.6 is 0 Å². The molecule has 2 aromatic rings. The van der Waals surface area contributed by atoms with E-state index in [4.69, 9.17) is 4.74 Å². The number of ether oxygens (including phenoxy) is 1. The minimum absolute atomic E-state index is 0.240. The topological polar surface area (TPSA) is 76.1 Å². The fourth-order valence-corrected chi connectivity index (χ4v) is 3.93. The van der Waals surface area contributed by atoms with Crippen LogP contribution in [0.1, 0.15) is 44.7 Å². The average molecular weight is 448 g/mol. The Balaban J connectivity index is 2.23. The fourth-order valence-electron chi connectivity index (χ4n) is 3.93. The summed E-state index contributed by atoms with van der Waals surface area (Å²) in [5.41, 5.74) is 4.51. The second-order valence-electron chi connectivity index (χ2n) is 9.16. The number of likely N-dealkylation sites (N-methyl/N-ethyl adjacent to an activating group) is 1. The first-order valence-electron chi connectivity index (χ1n) is 11.1. The van der Waals surface area contributed by atoms with E-state index in [2.05, 4.69) is 55.9 Å². The Morgan fingerprint density at radius 1 is 1.15 bits per heavy atom. The summed E-state index contributed by atoms with van der Waals surface area (Å²) in [6.07, 6.45) is 11.7. The van der Waals surface area contributed by atoms with Gasteiger partial charge in [-0.3, -0.25) is 14.3 Å². The number of nitrogens with zero attached hydrogens (tertiary/aromatic N) is 1. The highest BCUT2D eigenvalue weighted by Crippen LogP contribution is 2.40. The number of nitrogens with one attached hydrogen (secondary N) is 2. The van der Waals surface area contributed by atoms with Gasteiger partial charge in [0, 0.05) is 29.9 Å². The fraction of sp³-hybridized carbons (Fsp3) is 0.333. The normalized spacial score (nSPS) is 17.3. The lowest BCUT2D eigenvalue weighted by Crippen LogP contribution is -2.28. The quantitative estimate of drug-likeness (QED) is 0.718. The van der Waals surface area contributed by atoms with Gasteiger partial charge >= 0.3 is 5.69 Å². The molecule has 1 aliphatic rings. The summed E-state index contributed by atoms with van der Waals surface area (Å²) in [5.74, 6) is 0.771. The van der Waals surface area contributed by atoms with Crippen molar-refractivity contribution in [2.24, 2.45) is 0 Å². The summed E-state index contributed by atoms with van der Waals surface area (Å²) < 4.78 is 7.37. The van der Waals surface area contributed by atoms with Gasteiger partial charge in [0.05, 0.1) is 12.8 Å². The summed E-state index contributed by atoms with van der Waals surface area (Å²) in [4.78, 5) is 26.5. The summed E-state index contributed by atoms with van der Waals surface area (Å²) >= 11 is 0. The van der Waals surface area contributed by atoms with E-state index in [1.165, 1.54) is 22.4 Å². The molecule has 1 aliphatic carbocycles. The van der Waals surface area contributed by atoms with Crippen molar-refractivity contribution in [2.45, 2.75) is 39.0 Å². The van der Waals surface area contributed by atoms with Crippen LogP contribution in [0, 0.1) is 0 Å². The molecule has 6 heteroatoms. The van der Waals surface area contributed by atoms with Gasteiger partial charge < -0.3 is 10.1 Å². The largest absolute Gasteiger partial charge is 0.496 e. The predicted octanol–water partition coefficient (Wildman–Crippen LogP) is 4.27. The molecule has 1 aromatic heterocycles. The van der Waals surface area contributed by atoms with E-state index >= 15 is 0 Å². The highest BCUT2D eigenvalue weighted by Gasteiger charge is 2.24. The third-order valence-corrected chi connectivity index (χ3v) is 5.66. The molecule has 0 spiro atoms. The monoisotopic (exact) mass is 447 g/mol. The van der Waals surface area contributed by atoms with Crippen LogP contribution in [0.3, 0.4) is 0 Å². The molecule has 3 rings (SSSR count). The van der Waals surface area contributed by atoms with Gasteiger partial charge in [-0.25, -0.2) is 4.79 Å². The predicted molar refractivity (Wildman–Crippen MR) is 135 cm³/mol. The first kappa shape index (κ1) is 24.3. The number of benzene rings is 1. The zero-order chi connectivity index (χ0) is 24.2. The van der Waals surface area contributed by atoms with Gasteiger partial charge in [0.2, 0.25) is 0 Å². The van der Waals surface area contributed by atoms with Crippen LogP contribution in [0.5, 0.6) is 5.75 Å². The van der Waals surface area contributed by atoms with Gasteiger partial charge in [-0.15, -0.1) is 0 Å². The second kappa shape index (κ2) is 10.0. The van der Waals surface area contributed by atoms with Crippen LogP contribution in [-0.2, 0) is 5.41 Å². The third kappa shape index (κ3) is 5.52. The summed E-state index contributed by atoms with van der Waals surface area (Å²) in [6.45, 7) is 11.3. The molecule has 174 valence electrons. The number of aromatic amines is 1. The first-order chi connectivity index (χ1) is 15.7. The van der Waals surface area contributed by atoms with Gasteiger partial charge in [0.25, 0.3) is 5.56 Å². The van der Waals surface area contributed by atoms with E-state index in [-0.39, 0.29) is 5.41 Å². The lowest BCUT2D eigenvalue weighted by Gasteiger charge is -2.26. The standard InChI is InChI=1S/C27H33N3O3/c1-18-11-12-19(9-7-8-10-20(18)17-28-5)22-15-21(30-14-13-24(31)29-26(30)32)16-23(25(22)33-6)27(2,3)4/h9-16,28H,1,7-8,17H2,2-6H3,(H,29,31,32)/b12-11-,19-9+,20-10?. The number of aromatic nitrogens is 2. The van der Waals surface area contributed by atoms with Crippen molar-refractivity contribution < 1.29 is 4.74 Å². The molecular weight excluding hydrogens is 414 g/mol. The molecule has 0 bridgehead atoms. The van der Waals surface area contributed by atoms with E-state index in [9.17, 15) is 9.59 Å². The average Bonchev–Trinajstić information content (AvgIpc) is 2.84. The Kier molecular flexibility index (Phi) is 7.39. The van der Waals surface area contributed by atoms with Gasteiger partial charge in [-0.05, 0) is 54.2 Å². The minimum atomic E-state index is -0.480. The number of H-pyrrole nitrogens is 1. The Labute approximate surface area is 195 Å². The molecule has 0 fully saturated rings. The van der Waals surface area contributed by atoms with Gasteiger partial charge in [0.15, 0.2) is 0 Å². The van der Waals surface area contributed by atoms with E-state index < -0.39 is 11.2 Å². The highest BCUT2D eigenvalue weighted by atomic mass is 16.5. The number of hydrogen-bond acceptors (Lipinski definition) is 4. The Morgan fingerprint density at radius 2 is 1.88 bits per heavy atom. The number of allylic oxidation sites excluding steroid dienone is 5. The molecule has 0 unspecified atom stereocenters. The van der Waals surface area contributed by atoms with Crippen molar-refractivity contribution >= 4 is 5.57 Å². The molecule has 1 aromatic carbocycles. The van der Waals surface area contributed by atoms with Crippen molar-refractivity contribution in [3.05, 3.63) is 98.4 Å². The molecule has 33 heavy (non-hydrogen) atoms. The van der Waals surface area contributed by atoms with Crippen LogP contribution in [-0.4, -0.2) is 30.3 Å². The lowest BCUT2D eigenvalue weighted by molar-refractivity contribution is 0.396. The smallest absolute Gasteiger partial charge is 0.332 e. The van der Waals surface area contributed by atoms with Crippen molar-refractivity contribution in [1.29, 1.82) is 0 Å². The zero-order valence-corrected chi connectivity index (χ0v) is 20.1. The number of rotatable bonds is 5. The molecule has 0 saturated carbocycles. The Hall–Kier alpha value is -3.38. The van der Waals surface area contributed by atoms with Crippen LogP contribution in [0.15, 0.2) is 76.0 Å². The molecule has 2 N–H and O–H groups in total. The van der Waals surface area contributed by atoms with E-state index in [0.29, 0.717) is 5.69 Å². The van der Waals surface area contributed by atoms with Crippen molar-refractivity contribution in [1.82, 2.24) is 14.9 Å². The molecule has 6 nitrogen and oxygen atoms in total. The molecule has 0 radical (unpaired) electrons. The maximum atomic E-state index is 12.6. The van der Waals surface area contributed by atoms with Gasteiger partial charge in [-0.2, -0.15) is 0 Å². The Bertz CT molecular complexity index is 1250. The SMILES string of the molecule is C=C1/C=C\C(c2cc(-n3ccc(=O)[nH]c3=O)cc(C(C)(C)C)c2OC)=C/CCC=C1CNC. The molecule has 0 saturated heterocycles. The van der Waals surface area contributed by atoms with E-state index in [1.807, 2.05) is 25.3 Å². The summed E-state index contributed by atoms with van der Waals surface area (Å²) in [7, 11) is 3.60. The maximum absolute atomic E-state index is 12.6. The molecule has 0 amide bonds. The van der Waals surface area contributed by atoms with Crippen LogP contribution in [0.2, 0.25) is 0 Å². The highest BCUT2D eigenvalue weighted by molar-refractivity contribution is 5.81. The van der Waals surface area contributed by atoms with Crippen LogP contribution in [0.25, 0.3) is 11.3 Å². The van der Waals surface area contributed by atoms with Crippen LogP contribution in [0.4, 0.5) is 0 Å². The maximum Gasteiger partial charge on any atom is 0.332 e. The molecule has 0 aliphatic heterocycles. The number of methoxy groups -OCH3 is 1. The lowest BCUT2D eigenvalue weighted by atomic mass is 9.83. The summed E-state index contributed by atoms with van der Waals surface area (Å²) in [5, 5.41) is 3.20. The number of hydrogen-bond donors (Lipinski definition) is 2. The van der Waals surface area contributed by atoms with Crippen molar-refractivity contribution in [3.8, 4) is 11.4 Å². The molecule has 0 atom stereocenters. The second-order valence-corrected chi connectivity index (χ2v) is 9.16. The van der Waals surface area contributed by atoms with Crippen molar-refractivity contribution in [3.63, 3.8) is 0 Å². The van der Waals surface area contributed by atoms with Gasteiger partial charge in [0.1, 0.15) is 5.75 Å². The van der Waals surface area contributed by atoms with E-state index in [0.717, 1.165) is 47.4 Å². The Morgan fingerprint density at radius 3 is 2.52 bits per heavy atom. The van der Waals surface area contributed by atoms with E-state index in [1.54, 1.807) is 7.11 Å². The first-order valence-corrected chi connectivity index (χ1v) is 11.1. The molecule has 1 heterocycles. The van der Waals surface area contributed by atoms with Gasteiger partial charge in [-0.1, -0.05) is 51.7 Å². The summed E-state index contributed by atoms with van der Waals surface area (Å²) in [6, 6.07) is 5.24. The third-order valence-electron chi connectivity index (χ3n) is 5.66.